The Bertz CT molecular complexity index is 516. The van der Waals surface area contributed by atoms with Crippen molar-refractivity contribution in [3.05, 3.63) is 18.5 Å². The summed E-state index contributed by atoms with van der Waals surface area (Å²) in [5.41, 5.74) is -0.432. The summed E-state index contributed by atoms with van der Waals surface area (Å²) in [6.45, 7) is 3.55. The van der Waals surface area contributed by atoms with E-state index in [1.54, 1.807) is 23.4 Å². The average molecular weight is 305 g/mol. The number of β-amino-alcohol motifs (C(OH)–C–C–N with tert-alkyl or cyclic N) is 1. The number of amides is 1. The third kappa shape index (κ3) is 2.55. The molecule has 2 fully saturated rings. The van der Waals surface area contributed by atoms with Crippen LogP contribution in [0.4, 0.5) is 5.95 Å². The molecule has 3 rings (SSSR count). The van der Waals surface area contributed by atoms with Crippen molar-refractivity contribution in [1.82, 2.24) is 19.8 Å². The second-order valence-electron chi connectivity index (χ2n) is 6.00. The lowest BCUT2D eigenvalue weighted by atomic mass is 9.83. The number of nitrogens with zero attached hydrogens (tertiary/aromatic N) is 5. The van der Waals surface area contributed by atoms with Gasteiger partial charge in [0.25, 0.3) is 0 Å². The number of piperazine rings is 1. The van der Waals surface area contributed by atoms with Crippen LogP contribution in [-0.2, 0) is 4.79 Å². The highest BCUT2D eigenvalue weighted by molar-refractivity contribution is 5.87. The summed E-state index contributed by atoms with van der Waals surface area (Å²) in [7, 11) is 2.03. The summed E-state index contributed by atoms with van der Waals surface area (Å²) in [5.74, 6) is 0.888. The van der Waals surface area contributed by atoms with Gasteiger partial charge in [0.15, 0.2) is 0 Å². The molecule has 3 heterocycles. The summed E-state index contributed by atoms with van der Waals surface area (Å²) in [5, 5.41) is 9.15. The van der Waals surface area contributed by atoms with Gasteiger partial charge in [0.1, 0.15) is 5.54 Å². The van der Waals surface area contributed by atoms with Gasteiger partial charge in [-0.2, -0.15) is 0 Å². The molecule has 1 N–H and O–H groups in total. The lowest BCUT2D eigenvalue weighted by molar-refractivity contribution is -0.152. The molecule has 2 aliphatic rings. The van der Waals surface area contributed by atoms with Gasteiger partial charge in [-0.05, 0) is 26.0 Å². The molecule has 1 aromatic heterocycles. The number of carbonyl (C=O) groups excluding carboxylic acids is 1. The smallest absolute Gasteiger partial charge is 0.243 e. The van der Waals surface area contributed by atoms with Crippen molar-refractivity contribution in [3.63, 3.8) is 0 Å². The SMILES string of the molecule is CN1CCN(CCO)C(=O)C12CCN(c1ncccn1)CC2. The Morgan fingerprint density at radius 2 is 1.86 bits per heavy atom. The molecule has 2 saturated heterocycles. The van der Waals surface area contributed by atoms with E-state index >= 15 is 0 Å². The maximum atomic E-state index is 12.9. The summed E-state index contributed by atoms with van der Waals surface area (Å²) >= 11 is 0. The third-order valence-electron chi connectivity index (χ3n) is 4.92. The maximum absolute atomic E-state index is 12.9. The second-order valence-corrected chi connectivity index (χ2v) is 6.00. The summed E-state index contributed by atoms with van der Waals surface area (Å²) in [6, 6.07) is 1.81. The number of carbonyl (C=O) groups is 1. The van der Waals surface area contributed by atoms with Crippen LogP contribution in [0.3, 0.4) is 0 Å². The first-order valence-electron chi connectivity index (χ1n) is 7.81. The number of hydrogen-bond donors (Lipinski definition) is 1. The molecule has 0 radical (unpaired) electrons. The first-order valence-corrected chi connectivity index (χ1v) is 7.81. The van der Waals surface area contributed by atoms with Crippen LogP contribution in [0.5, 0.6) is 0 Å². The van der Waals surface area contributed by atoms with Crippen LogP contribution in [-0.4, -0.2) is 82.7 Å². The third-order valence-corrected chi connectivity index (χ3v) is 4.92. The molecule has 1 spiro atoms. The zero-order valence-corrected chi connectivity index (χ0v) is 13.0. The summed E-state index contributed by atoms with van der Waals surface area (Å²) in [4.78, 5) is 27.6. The van der Waals surface area contributed by atoms with Gasteiger partial charge >= 0.3 is 0 Å². The van der Waals surface area contributed by atoms with Crippen molar-refractivity contribution in [2.45, 2.75) is 18.4 Å². The Morgan fingerprint density at radius 1 is 1.18 bits per heavy atom. The number of hydrogen-bond acceptors (Lipinski definition) is 6. The number of aliphatic hydroxyl groups is 1. The zero-order valence-electron chi connectivity index (χ0n) is 13.0. The maximum Gasteiger partial charge on any atom is 0.243 e. The Balaban J connectivity index is 1.73. The molecule has 0 bridgehead atoms. The molecule has 0 aliphatic carbocycles. The summed E-state index contributed by atoms with van der Waals surface area (Å²) < 4.78 is 0. The predicted octanol–water partition coefficient (Wildman–Crippen LogP) is -0.418. The van der Waals surface area contributed by atoms with Crippen molar-refractivity contribution in [2.24, 2.45) is 0 Å². The predicted molar refractivity (Wildman–Crippen MR) is 82.5 cm³/mol. The van der Waals surface area contributed by atoms with Crippen molar-refractivity contribution in [2.75, 3.05) is 51.3 Å². The van der Waals surface area contributed by atoms with Crippen molar-refractivity contribution in [3.8, 4) is 0 Å². The highest BCUT2D eigenvalue weighted by Crippen LogP contribution is 2.33. The number of aliphatic hydroxyl groups excluding tert-OH is 1. The lowest BCUT2D eigenvalue weighted by Crippen LogP contribution is -2.68. The topological polar surface area (TPSA) is 72.8 Å². The molecule has 120 valence electrons. The highest BCUT2D eigenvalue weighted by Gasteiger charge is 2.49. The fourth-order valence-corrected chi connectivity index (χ4v) is 3.50. The number of aromatic nitrogens is 2. The van der Waals surface area contributed by atoms with Crippen LogP contribution >= 0.6 is 0 Å². The van der Waals surface area contributed by atoms with Gasteiger partial charge < -0.3 is 14.9 Å². The molecule has 7 nitrogen and oxygen atoms in total. The minimum atomic E-state index is -0.432. The molecule has 7 heteroatoms. The van der Waals surface area contributed by atoms with E-state index in [0.717, 1.165) is 38.4 Å². The van der Waals surface area contributed by atoms with Gasteiger partial charge in [-0.1, -0.05) is 0 Å². The van der Waals surface area contributed by atoms with Crippen LogP contribution in [0.1, 0.15) is 12.8 Å². The monoisotopic (exact) mass is 305 g/mol. The van der Waals surface area contributed by atoms with Gasteiger partial charge in [0, 0.05) is 45.1 Å². The fourth-order valence-electron chi connectivity index (χ4n) is 3.50. The number of likely N-dealkylation sites (N-methyl/N-ethyl adjacent to an activating group) is 1. The summed E-state index contributed by atoms with van der Waals surface area (Å²) in [6.07, 6.45) is 5.02. The van der Waals surface area contributed by atoms with Crippen LogP contribution in [0, 0.1) is 0 Å². The molecular weight excluding hydrogens is 282 g/mol. The standard InChI is InChI=1S/C15H23N5O2/c1-18-9-10-19(11-12-21)13(22)15(18)3-7-20(8-4-15)14-16-5-2-6-17-14/h2,5-6,21H,3-4,7-12H2,1H3. The first kappa shape index (κ1) is 15.2. The number of anilines is 1. The van der Waals surface area contributed by atoms with Crippen LogP contribution < -0.4 is 4.90 Å². The number of rotatable bonds is 3. The second kappa shape index (κ2) is 6.18. The quantitative estimate of drug-likeness (QED) is 0.818. The van der Waals surface area contributed by atoms with Gasteiger partial charge in [-0.25, -0.2) is 9.97 Å². The van der Waals surface area contributed by atoms with E-state index in [2.05, 4.69) is 19.8 Å². The average Bonchev–Trinajstić information content (AvgIpc) is 2.57. The number of piperidine rings is 1. The molecule has 0 atom stereocenters. The van der Waals surface area contributed by atoms with Crippen molar-refractivity contribution in [1.29, 1.82) is 0 Å². The lowest BCUT2D eigenvalue weighted by Gasteiger charge is -2.51. The van der Waals surface area contributed by atoms with Crippen LogP contribution in [0.2, 0.25) is 0 Å². The van der Waals surface area contributed by atoms with Gasteiger partial charge in [0.2, 0.25) is 11.9 Å². The van der Waals surface area contributed by atoms with E-state index in [-0.39, 0.29) is 12.5 Å². The Kier molecular flexibility index (Phi) is 4.26. The van der Waals surface area contributed by atoms with Crippen molar-refractivity contribution >= 4 is 11.9 Å². The van der Waals surface area contributed by atoms with E-state index in [0.29, 0.717) is 13.1 Å². The van der Waals surface area contributed by atoms with E-state index < -0.39 is 5.54 Å². The molecule has 22 heavy (non-hydrogen) atoms. The molecular formula is C15H23N5O2. The van der Waals surface area contributed by atoms with E-state index in [9.17, 15) is 4.79 Å². The van der Waals surface area contributed by atoms with Crippen molar-refractivity contribution < 1.29 is 9.90 Å². The Labute approximate surface area is 130 Å². The minimum Gasteiger partial charge on any atom is -0.395 e. The highest BCUT2D eigenvalue weighted by atomic mass is 16.3. The molecule has 0 saturated carbocycles. The first-order chi connectivity index (χ1) is 10.7. The Morgan fingerprint density at radius 3 is 2.50 bits per heavy atom. The largest absolute Gasteiger partial charge is 0.395 e. The Hall–Kier alpha value is -1.73. The normalized spacial score (nSPS) is 22.4. The minimum absolute atomic E-state index is 0.0233. The van der Waals surface area contributed by atoms with Gasteiger partial charge in [-0.15, -0.1) is 0 Å². The molecule has 1 aromatic rings. The zero-order chi connectivity index (χ0) is 15.6. The molecule has 0 aromatic carbocycles. The van der Waals surface area contributed by atoms with Gasteiger partial charge in [-0.3, -0.25) is 9.69 Å². The molecule has 1 amide bonds. The van der Waals surface area contributed by atoms with Crippen LogP contribution in [0.25, 0.3) is 0 Å². The van der Waals surface area contributed by atoms with Crippen LogP contribution in [0.15, 0.2) is 18.5 Å². The molecule has 0 unspecified atom stereocenters. The fraction of sp³-hybridized carbons (Fsp3) is 0.667. The van der Waals surface area contributed by atoms with E-state index in [4.69, 9.17) is 5.11 Å². The molecule has 2 aliphatic heterocycles. The van der Waals surface area contributed by atoms with E-state index in [1.165, 1.54) is 0 Å². The van der Waals surface area contributed by atoms with E-state index in [1.807, 2.05) is 7.05 Å². The van der Waals surface area contributed by atoms with Gasteiger partial charge in [0.05, 0.1) is 6.61 Å².